The van der Waals surface area contributed by atoms with Crippen molar-refractivity contribution in [3.63, 3.8) is 0 Å². The zero-order valence-corrected chi connectivity index (χ0v) is 10.2. The van der Waals surface area contributed by atoms with E-state index in [4.69, 9.17) is 9.52 Å². The largest absolute Gasteiger partial charge is 0.476 e. The maximum atomic E-state index is 10.7. The van der Waals surface area contributed by atoms with Gasteiger partial charge in [0.25, 0.3) is 0 Å². The Morgan fingerprint density at radius 1 is 1.37 bits per heavy atom. The Morgan fingerprint density at radius 3 is 3.00 bits per heavy atom. The molecule has 0 spiro atoms. The van der Waals surface area contributed by atoms with Gasteiger partial charge in [-0.1, -0.05) is 0 Å². The highest BCUT2D eigenvalue weighted by atomic mass is 16.4. The van der Waals surface area contributed by atoms with E-state index in [1.807, 2.05) is 6.07 Å². The average Bonchev–Trinajstić information content (AvgIpc) is 2.76. The molecule has 3 rings (SSSR count). The molecular formula is C13H13N3O3. The number of aromatic nitrogens is 2. The number of carbonyl (C=O) groups is 1. The predicted octanol–water partition coefficient (Wildman–Crippen LogP) is 1.72. The van der Waals surface area contributed by atoms with Gasteiger partial charge >= 0.3 is 5.97 Å². The standard InChI is InChI=1S/C13H13N3O3/c17-13(18)10-6-15-12(7-14-10)16-4-1-2-11-9(8-16)3-5-19-11/h3,5-7H,1-2,4,8H2,(H,17,18). The Kier molecular flexibility index (Phi) is 2.91. The minimum Gasteiger partial charge on any atom is -0.476 e. The topological polar surface area (TPSA) is 79.5 Å². The van der Waals surface area contributed by atoms with Gasteiger partial charge in [0.15, 0.2) is 5.69 Å². The first-order valence-corrected chi connectivity index (χ1v) is 6.09. The van der Waals surface area contributed by atoms with E-state index in [9.17, 15) is 4.79 Å². The highest BCUT2D eigenvalue weighted by molar-refractivity contribution is 5.84. The highest BCUT2D eigenvalue weighted by Gasteiger charge is 2.18. The highest BCUT2D eigenvalue weighted by Crippen LogP contribution is 2.22. The van der Waals surface area contributed by atoms with Crippen LogP contribution in [0.25, 0.3) is 0 Å². The summed E-state index contributed by atoms with van der Waals surface area (Å²) < 4.78 is 5.43. The Balaban J connectivity index is 1.84. The molecule has 2 aromatic rings. The van der Waals surface area contributed by atoms with Crippen molar-refractivity contribution in [1.82, 2.24) is 9.97 Å². The summed E-state index contributed by atoms with van der Waals surface area (Å²) in [6, 6.07) is 1.96. The van der Waals surface area contributed by atoms with Crippen molar-refractivity contribution in [3.8, 4) is 0 Å². The first-order chi connectivity index (χ1) is 9.24. The van der Waals surface area contributed by atoms with Gasteiger partial charge in [0.2, 0.25) is 0 Å². The van der Waals surface area contributed by atoms with Gasteiger partial charge in [-0.3, -0.25) is 0 Å². The van der Waals surface area contributed by atoms with Crippen LogP contribution in [0.4, 0.5) is 5.82 Å². The molecule has 0 saturated heterocycles. The monoisotopic (exact) mass is 259 g/mol. The second kappa shape index (κ2) is 4.72. The van der Waals surface area contributed by atoms with Crippen LogP contribution >= 0.6 is 0 Å². The second-order valence-electron chi connectivity index (χ2n) is 4.46. The van der Waals surface area contributed by atoms with Crippen LogP contribution in [0.2, 0.25) is 0 Å². The minimum absolute atomic E-state index is 0.0393. The van der Waals surface area contributed by atoms with Gasteiger partial charge < -0.3 is 14.4 Å². The van der Waals surface area contributed by atoms with Crippen LogP contribution < -0.4 is 4.90 Å². The van der Waals surface area contributed by atoms with Gasteiger partial charge in [0.1, 0.15) is 11.6 Å². The maximum absolute atomic E-state index is 10.7. The van der Waals surface area contributed by atoms with E-state index in [1.54, 1.807) is 6.26 Å². The third-order valence-corrected chi connectivity index (χ3v) is 3.21. The zero-order valence-electron chi connectivity index (χ0n) is 10.2. The summed E-state index contributed by atoms with van der Waals surface area (Å²) in [7, 11) is 0. The van der Waals surface area contributed by atoms with Crippen LogP contribution in [0.1, 0.15) is 28.2 Å². The molecule has 3 heterocycles. The summed E-state index contributed by atoms with van der Waals surface area (Å²) in [6.45, 7) is 1.57. The third-order valence-electron chi connectivity index (χ3n) is 3.21. The lowest BCUT2D eigenvalue weighted by atomic mass is 10.2. The van der Waals surface area contributed by atoms with Crippen molar-refractivity contribution < 1.29 is 14.3 Å². The molecule has 1 N–H and O–H groups in total. The lowest BCUT2D eigenvalue weighted by Crippen LogP contribution is -2.23. The number of fused-ring (bicyclic) bond motifs is 1. The van der Waals surface area contributed by atoms with Gasteiger partial charge in [0.05, 0.1) is 18.7 Å². The quantitative estimate of drug-likeness (QED) is 0.884. The lowest BCUT2D eigenvalue weighted by Gasteiger charge is -2.20. The normalized spacial score (nSPS) is 14.8. The molecule has 6 nitrogen and oxygen atoms in total. The van der Waals surface area contributed by atoms with E-state index < -0.39 is 5.97 Å². The fraction of sp³-hybridized carbons (Fsp3) is 0.308. The molecule has 1 aliphatic rings. The Bertz CT molecular complexity index is 591. The number of anilines is 1. The number of hydrogen-bond acceptors (Lipinski definition) is 5. The number of nitrogens with zero attached hydrogens (tertiary/aromatic N) is 3. The van der Waals surface area contributed by atoms with Gasteiger partial charge in [-0.05, 0) is 12.5 Å². The van der Waals surface area contributed by atoms with E-state index in [1.165, 1.54) is 12.4 Å². The number of carboxylic acids is 1. The van der Waals surface area contributed by atoms with Crippen molar-refractivity contribution in [2.24, 2.45) is 0 Å². The maximum Gasteiger partial charge on any atom is 0.356 e. The molecule has 0 fully saturated rings. The molecule has 1 aliphatic heterocycles. The molecule has 0 aromatic carbocycles. The van der Waals surface area contributed by atoms with Crippen LogP contribution in [0.3, 0.4) is 0 Å². The molecule has 2 aromatic heterocycles. The van der Waals surface area contributed by atoms with Crippen LogP contribution in [0, 0.1) is 0 Å². The summed E-state index contributed by atoms with van der Waals surface area (Å²) in [5, 5.41) is 8.80. The molecule has 0 radical (unpaired) electrons. The average molecular weight is 259 g/mol. The fourth-order valence-electron chi connectivity index (χ4n) is 2.23. The van der Waals surface area contributed by atoms with E-state index in [2.05, 4.69) is 14.9 Å². The number of aromatic carboxylic acids is 1. The minimum atomic E-state index is -1.06. The van der Waals surface area contributed by atoms with Crippen molar-refractivity contribution in [1.29, 1.82) is 0 Å². The molecule has 0 bridgehead atoms. The van der Waals surface area contributed by atoms with Gasteiger partial charge in [0, 0.05) is 25.1 Å². The molecule has 0 unspecified atom stereocenters. The van der Waals surface area contributed by atoms with Crippen LogP contribution in [0.5, 0.6) is 0 Å². The molecule has 0 atom stereocenters. The lowest BCUT2D eigenvalue weighted by molar-refractivity contribution is 0.0690. The molecule has 98 valence electrons. The molecule has 6 heteroatoms. The molecule has 0 aliphatic carbocycles. The first-order valence-electron chi connectivity index (χ1n) is 6.09. The first kappa shape index (κ1) is 11.7. The number of carboxylic acid groups (broad SMARTS) is 1. The third kappa shape index (κ3) is 2.29. The van der Waals surface area contributed by atoms with Crippen molar-refractivity contribution in [2.45, 2.75) is 19.4 Å². The van der Waals surface area contributed by atoms with Gasteiger partial charge in [-0.25, -0.2) is 14.8 Å². The van der Waals surface area contributed by atoms with Gasteiger partial charge in [-0.2, -0.15) is 0 Å². The molecule has 19 heavy (non-hydrogen) atoms. The van der Waals surface area contributed by atoms with E-state index in [-0.39, 0.29) is 5.69 Å². The van der Waals surface area contributed by atoms with Crippen molar-refractivity contribution in [2.75, 3.05) is 11.4 Å². The zero-order chi connectivity index (χ0) is 13.2. The summed E-state index contributed by atoms with van der Waals surface area (Å²) >= 11 is 0. The van der Waals surface area contributed by atoms with E-state index in [0.29, 0.717) is 12.4 Å². The van der Waals surface area contributed by atoms with Gasteiger partial charge in [-0.15, -0.1) is 0 Å². The van der Waals surface area contributed by atoms with E-state index >= 15 is 0 Å². The number of furan rings is 1. The summed E-state index contributed by atoms with van der Waals surface area (Å²) in [5.41, 5.74) is 1.11. The van der Waals surface area contributed by atoms with Crippen molar-refractivity contribution >= 4 is 11.8 Å². The number of rotatable bonds is 2. The second-order valence-corrected chi connectivity index (χ2v) is 4.46. The smallest absolute Gasteiger partial charge is 0.356 e. The summed E-state index contributed by atoms with van der Waals surface area (Å²) in [6.07, 6.45) is 6.39. The fourth-order valence-corrected chi connectivity index (χ4v) is 2.23. The number of hydrogen-bond donors (Lipinski definition) is 1. The molecule has 0 amide bonds. The molecular weight excluding hydrogens is 246 g/mol. The summed E-state index contributed by atoms with van der Waals surface area (Å²) in [4.78, 5) is 20.9. The number of aryl methyl sites for hydroxylation is 1. The SMILES string of the molecule is O=C(O)c1cnc(N2CCCc3occc3C2)cn1. The Labute approximate surface area is 109 Å². The van der Waals surface area contributed by atoms with Crippen molar-refractivity contribution in [3.05, 3.63) is 41.7 Å². The van der Waals surface area contributed by atoms with Crippen LogP contribution in [0.15, 0.2) is 29.1 Å². The molecule has 0 saturated carbocycles. The van der Waals surface area contributed by atoms with Crippen LogP contribution in [-0.4, -0.2) is 27.6 Å². The predicted molar refractivity (Wildman–Crippen MR) is 67.1 cm³/mol. The summed E-state index contributed by atoms with van der Waals surface area (Å²) in [5.74, 6) is 0.656. The Morgan fingerprint density at radius 2 is 2.26 bits per heavy atom. The van der Waals surface area contributed by atoms with Crippen LogP contribution in [-0.2, 0) is 13.0 Å². The van der Waals surface area contributed by atoms with E-state index in [0.717, 1.165) is 30.7 Å². The Hall–Kier alpha value is -2.37.